The molecule has 188 valence electrons. The molecule has 37 heavy (non-hydrogen) atoms. The first-order chi connectivity index (χ1) is 17.7. The van der Waals surface area contributed by atoms with Crippen LogP contribution in [0.1, 0.15) is 44.7 Å². The van der Waals surface area contributed by atoms with Crippen LogP contribution < -0.4 is 4.90 Å². The van der Waals surface area contributed by atoms with Gasteiger partial charge in [0.05, 0.1) is 39.8 Å². The van der Waals surface area contributed by atoms with E-state index in [1.165, 1.54) is 35.2 Å². The number of hydrogen-bond donors (Lipinski definition) is 0. The van der Waals surface area contributed by atoms with Crippen molar-refractivity contribution < 1.29 is 27.2 Å². The van der Waals surface area contributed by atoms with Gasteiger partial charge >= 0.3 is 5.97 Å². The van der Waals surface area contributed by atoms with Gasteiger partial charge in [-0.05, 0) is 63.2 Å². The molecule has 9 heteroatoms. The normalized spacial score (nSPS) is 14.0. The maximum Gasteiger partial charge on any atom is 0.338 e. The summed E-state index contributed by atoms with van der Waals surface area (Å²) in [7, 11) is -4.06. The number of oxazole rings is 1. The second-order valence-electron chi connectivity index (χ2n) is 8.68. The molecule has 0 atom stereocenters. The zero-order chi connectivity index (χ0) is 26.3. The number of esters is 1. The van der Waals surface area contributed by atoms with Crippen LogP contribution >= 0.6 is 0 Å². The molecule has 0 bridgehead atoms. The molecule has 5 rings (SSSR count). The van der Waals surface area contributed by atoms with E-state index in [0.717, 1.165) is 11.1 Å². The van der Waals surface area contributed by atoms with E-state index >= 15 is 0 Å². The predicted octanol–water partition coefficient (Wildman–Crippen LogP) is 5.13. The summed E-state index contributed by atoms with van der Waals surface area (Å²) in [5.74, 6) is -0.260. The third-order valence-electron chi connectivity index (χ3n) is 6.20. The fraction of sp³-hybridized carbons (Fsp3) is 0.179. The molecule has 0 fully saturated rings. The Balaban J connectivity index is 1.66. The molecule has 0 radical (unpaired) electrons. The minimum Gasteiger partial charge on any atom is -0.462 e. The summed E-state index contributed by atoms with van der Waals surface area (Å²) < 4.78 is 38.2. The number of amides is 1. The number of carbonyl (C=O) groups is 2. The van der Waals surface area contributed by atoms with Crippen molar-refractivity contribution in [3.05, 3.63) is 94.9 Å². The monoisotopic (exact) mass is 516 g/mol. The van der Waals surface area contributed by atoms with Crippen molar-refractivity contribution in [1.29, 1.82) is 0 Å². The Morgan fingerprint density at radius 1 is 1.00 bits per heavy atom. The summed E-state index contributed by atoms with van der Waals surface area (Å²) in [5, 5.41) is 0. The van der Waals surface area contributed by atoms with Gasteiger partial charge in [0.1, 0.15) is 11.5 Å². The van der Waals surface area contributed by atoms with E-state index in [1.807, 2.05) is 31.2 Å². The first-order valence-electron chi connectivity index (χ1n) is 11.7. The number of anilines is 1. The molecular formula is C28H24N2O6S. The van der Waals surface area contributed by atoms with Gasteiger partial charge in [0, 0.05) is 5.56 Å². The minimum absolute atomic E-state index is 0.0382. The number of nitrogens with zero attached hydrogens (tertiary/aromatic N) is 2. The van der Waals surface area contributed by atoms with Crippen molar-refractivity contribution in [1.82, 2.24) is 4.98 Å². The lowest BCUT2D eigenvalue weighted by molar-refractivity contribution is 0.0526. The van der Waals surface area contributed by atoms with Crippen molar-refractivity contribution in [2.24, 2.45) is 0 Å². The van der Waals surface area contributed by atoms with Crippen LogP contribution in [0.5, 0.6) is 0 Å². The number of ether oxygens (including phenoxy) is 1. The number of aryl methyl sites for hydroxylation is 2. The minimum atomic E-state index is -4.06. The van der Waals surface area contributed by atoms with Crippen LogP contribution in [0.15, 0.2) is 80.9 Å². The Morgan fingerprint density at radius 3 is 2.46 bits per heavy atom. The van der Waals surface area contributed by atoms with Gasteiger partial charge in [-0.2, -0.15) is 0 Å². The number of benzene rings is 3. The Bertz CT molecular complexity index is 1640. The molecule has 1 amide bonds. The average molecular weight is 517 g/mol. The fourth-order valence-electron chi connectivity index (χ4n) is 4.25. The Kier molecular flexibility index (Phi) is 6.16. The largest absolute Gasteiger partial charge is 0.462 e. The smallest absolute Gasteiger partial charge is 0.338 e. The van der Waals surface area contributed by atoms with Crippen LogP contribution in [0.4, 0.5) is 5.69 Å². The maximum atomic E-state index is 13.8. The summed E-state index contributed by atoms with van der Waals surface area (Å²) >= 11 is 0. The lowest BCUT2D eigenvalue weighted by Crippen LogP contribution is -2.31. The fourth-order valence-corrected chi connectivity index (χ4v) is 5.88. The second kappa shape index (κ2) is 9.33. The quantitative estimate of drug-likeness (QED) is 0.339. The number of rotatable bonds is 5. The molecule has 8 nitrogen and oxygen atoms in total. The van der Waals surface area contributed by atoms with Crippen LogP contribution in [0, 0.1) is 13.8 Å². The molecule has 0 saturated carbocycles. The topological polar surface area (TPSA) is 107 Å². The summed E-state index contributed by atoms with van der Waals surface area (Å²) in [6.07, 6.45) is 0. The highest BCUT2D eigenvalue weighted by atomic mass is 32.2. The van der Waals surface area contributed by atoms with Crippen LogP contribution in [0.3, 0.4) is 0 Å². The second-order valence-corrected chi connectivity index (χ2v) is 10.6. The Morgan fingerprint density at radius 2 is 1.73 bits per heavy atom. The van der Waals surface area contributed by atoms with Crippen molar-refractivity contribution in [3.63, 3.8) is 0 Å². The Hall–Kier alpha value is -4.24. The highest BCUT2D eigenvalue weighted by Crippen LogP contribution is 2.38. The SMILES string of the molecule is CCOC(=O)c1ccc2c(c1)N(Cc1nc(-c3ccc(C)cc3)oc1C)C(=O)c1ccccc1S2(=O)=O. The van der Waals surface area contributed by atoms with Crippen LogP contribution in [0.25, 0.3) is 11.5 Å². The molecule has 1 aliphatic heterocycles. The van der Waals surface area contributed by atoms with E-state index < -0.39 is 21.7 Å². The Labute approximate surface area is 214 Å². The van der Waals surface area contributed by atoms with Crippen molar-refractivity contribution in [2.75, 3.05) is 11.5 Å². The number of aromatic nitrogens is 1. The van der Waals surface area contributed by atoms with Gasteiger partial charge in [0.25, 0.3) is 5.91 Å². The molecule has 0 aliphatic carbocycles. The first-order valence-corrected chi connectivity index (χ1v) is 13.2. The van der Waals surface area contributed by atoms with Gasteiger partial charge in [-0.15, -0.1) is 0 Å². The van der Waals surface area contributed by atoms with E-state index in [9.17, 15) is 18.0 Å². The highest BCUT2D eigenvalue weighted by Gasteiger charge is 2.36. The van der Waals surface area contributed by atoms with Gasteiger partial charge < -0.3 is 14.1 Å². The van der Waals surface area contributed by atoms with Gasteiger partial charge in [0.15, 0.2) is 0 Å². The molecule has 4 aromatic rings. The third kappa shape index (κ3) is 4.31. The summed E-state index contributed by atoms with van der Waals surface area (Å²) in [6.45, 7) is 5.49. The number of sulfone groups is 1. The number of carbonyl (C=O) groups excluding carboxylic acids is 2. The first kappa shape index (κ1) is 24.5. The van der Waals surface area contributed by atoms with Crippen LogP contribution in [-0.4, -0.2) is 31.9 Å². The lowest BCUT2D eigenvalue weighted by Gasteiger charge is -2.22. The molecule has 2 heterocycles. The van der Waals surface area contributed by atoms with Gasteiger partial charge in [-0.1, -0.05) is 29.8 Å². The van der Waals surface area contributed by atoms with Crippen molar-refractivity contribution in [3.8, 4) is 11.5 Å². The highest BCUT2D eigenvalue weighted by molar-refractivity contribution is 7.91. The molecule has 1 aromatic heterocycles. The van der Waals surface area contributed by atoms with E-state index in [-0.39, 0.29) is 39.8 Å². The van der Waals surface area contributed by atoms with Gasteiger partial charge in [-0.3, -0.25) is 4.79 Å². The zero-order valence-electron chi connectivity index (χ0n) is 20.5. The summed E-state index contributed by atoms with van der Waals surface area (Å²) in [5.41, 5.74) is 2.59. The van der Waals surface area contributed by atoms with E-state index in [1.54, 1.807) is 26.0 Å². The average Bonchev–Trinajstić information content (AvgIpc) is 3.24. The number of hydrogen-bond acceptors (Lipinski definition) is 7. The summed E-state index contributed by atoms with van der Waals surface area (Å²) in [4.78, 5) is 32.1. The molecular weight excluding hydrogens is 492 g/mol. The third-order valence-corrected chi connectivity index (χ3v) is 8.06. The predicted molar refractivity (Wildman–Crippen MR) is 136 cm³/mol. The molecule has 0 N–H and O–H groups in total. The molecule has 3 aromatic carbocycles. The van der Waals surface area contributed by atoms with Gasteiger partial charge in [0.2, 0.25) is 15.7 Å². The zero-order valence-corrected chi connectivity index (χ0v) is 21.3. The molecule has 0 saturated heterocycles. The van der Waals surface area contributed by atoms with Crippen LogP contribution in [-0.2, 0) is 21.1 Å². The molecule has 0 spiro atoms. The van der Waals surface area contributed by atoms with Crippen molar-refractivity contribution >= 4 is 27.4 Å². The van der Waals surface area contributed by atoms with E-state index in [4.69, 9.17) is 9.15 Å². The lowest BCUT2D eigenvalue weighted by atomic mass is 10.1. The van der Waals surface area contributed by atoms with Crippen molar-refractivity contribution in [2.45, 2.75) is 37.1 Å². The van der Waals surface area contributed by atoms with E-state index in [0.29, 0.717) is 17.3 Å². The van der Waals surface area contributed by atoms with Gasteiger partial charge in [-0.25, -0.2) is 18.2 Å². The molecule has 0 unspecified atom stereocenters. The maximum absolute atomic E-state index is 13.8. The standard InChI is InChI=1S/C28H24N2O6S/c1-4-35-28(32)20-13-14-25-23(15-20)30(27(31)21-7-5-6-8-24(21)37(25,33)34)16-22-18(3)36-26(29-22)19-11-9-17(2)10-12-19/h5-15H,4,16H2,1-3H3. The summed E-state index contributed by atoms with van der Waals surface area (Å²) in [6, 6.07) is 17.9. The molecule has 1 aliphatic rings. The number of fused-ring (bicyclic) bond motifs is 2. The van der Waals surface area contributed by atoms with Crippen LogP contribution in [0.2, 0.25) is 0 Å². The van der Waals surface area contributed by atoms with E-state index in [2.05, 4.69) is 4.98 Å².